The molecule has 2 unspecified atom stereocenters. The van der Waals surface area contributed by atoms with Gasteiger partial charge in [-0.15, -0.1) is 0 Å². The minimum atomic E-state index is -0.615. The van der Waals surface area contributed by atoms with E-state index in [9.17, 15) is 15.4 Å². The van der Waals surface area contributed by atoms with Crippen LogP contribution >= 0.6 is 0 Å². The van der Waals surface area contributed by atoms with Gasteiger partial charge < -0.3 is 4.74 Å². The van der Waals surface area contributed by atoms with Crippen molar-refractivity contribution < 1.29 is 9.66 Å². The lowest BCUT2D eigenvalue weighted by Crippen LogP contribution is -2.22. The Hall–Kier alpha value is -2.71. The van der Waals surface area contributed by atoms with E-state index in [2.05, 4.69) is 6.07 Å². The van der Waals surface area contributed by atoms with Crippen molar-refractivity contribution in [1.82, 2.24) is 0 Å². The summed E-state index contributed by atoms with van der Waals surface area (Å²) in [5.74, 6) is 0. The Labute approximate surface area is 140 Å². The molecule has 1 saturated carbocycles. The molecule has 2 aromatic rings. The average Bonchev–Trinajstić information content (AvgIpc) is 3.06. The average molecular weight is 322 g/mol. The third-order valence-corrected chi connectivity index (χ3v) is 4.64. The largest absolute Gasteiger partial charge is 0.373 e. The molecule has 0 heterocycles. The van der Waals surface area contributed by atoms with Crippen molar-refractivity contribution in [2.24, 2.45) is 0 Å². The van der Waals surface area contributed by atoms with Crippen LogP contribution in [0.2, 0.25) is 0 Å². The van der Waals surface area contributed by atoms with Crippen molar-refractivity contribution in [3.05, 3.63) is 75.8 Å². The first-order valence-corrected chi connectivity index (χ1v) is 7.95. The topological polar surface area (TPSA) is 76.2 Å². The number of non-ortho nitro benzene ring substituents is 1. The molecular weight excluding hydrogens is 304 g/mol. The number of benzene rings is 2. The van der Waals surface area contributed by atoms with Gasteiger partial charge in [0.1, 0.15) is 0 Å². The summed E-state index contributed by atoms with van der Waals surface area (Å²) >= 11 is 0. The number of nitrogens with zero attached hydrogens (tertiary/aromatic N) is 2. The Kier molecular flexibility index (Phi) is 4.59. The zero-order chi connectivity index (χ0) is 17.0. The highest BCUT2D eigenvalue weighted by Gasteiger charge is 2.41. The summed E-state index contributed by atoms with van der Waals surface area (Å²) in [6.07, 6.45) is 2.17. The van der Waals surface area contributed by atoms with Crippen molar-refractivity contribution in [1.29, 1.82) is 5.26 Å². The lowest BCUT2D eigenvalue weighted by atomic mass is 9.80. The first kappa shape index (κ1) is 16.2. The van der Waals surface area contributed by atoms with Crippen molar-refractivity contribution in [3.8, 4) is 6.07 Å². The molecule has 0 aromatic heterocycles. The second kappa shape index (κ2) is 6.81. The van der Waals surface area contributed by atoms with Gasteiger partial charge in [-0.2, -0.15) is 5.26 Å². The summed E-state index contributed by atoms with van der Waals surface area (Å²) in [6, 6.07) is 18.7. The molecule has 0 N–H and O–H groups in total. The molecular formula is C19H18N2O3. The number of nitro groups is 1. The summed E-state index contributed by atoms with van der Waals surface area (Å²) in [6.45, 7) is 0.535. The van der Waals surface area contributed by atoms with E-state index < -0.39 is 10.3 Å². The van der Waals surface area contributed by atoms with Gasteiger partial charge in [0, 0.05) is 12.1 Å². The van der Waals surface area contributed by atoms with Gasteiger partial charge in [-0.3, -0.25) is 10.1 Å². The van der Waals surface area contributed by atoms with Crippen LogP contribution in [-0.4, -0.2) is 11.0 Å². The molecule has 0 amide bonds. The van der Waals surface area contributed by atoms with Crippen LogP contribution in [-0.2, 0) is 16.8 Å². The van der Waals surface area contributed by atoms with E-state index in [1.807, 2.05) is 30.3 Å². The van der Waals surface area contributed by atoms with E-state index in [0.717, 1.165) is 17.5 Å². The quantitative estimate of drug-likeness (QED) is 0.612. The van der Waals surface area contributed by atoms with Crippen LogP contribution in [0.15, 0.2) is 54.6 Å². The van der Waals surface area contributed by atoms with Crippen LogP contribution in [0.5, 0.6) is 0 Å². The third kappa shape index (κ3) is 3.29. The number of ether oxygens (including phenoxy) is 1. The lowest BCUT2D eigenvalue weighted by molar-refractivity contribution is -0.384. The molecule has 122 valence electrons. The molecule has 1 aliphatic rings. The van der Waals surface area contributed by atoms with Gasteiger partial charge in [0.25, 0.3) is 5.69 Å². The fraction of sp³-hybridized carbons (Fsp3) is 0.316. The predicted molar refractivity (Wildman–Crippen MR) is 89.3 cm³/mol. The number of nitriles is 1. The van der Waals surface area contributed by atoms with Gasteiger partial charge in [0.15, 0.2) is 0 Å². The molecule has 0 saturated heterocycles. The lowest BCUT2D eigenvalue weighted by Gasteiger charge is -2.21. The van der Waals surface area contributed by atoms with Crippen LogP contribution in [0.4, 0.5) is 5.69 Å². The molecule has 2 atom stereocenters. The zero-order valence-corrected chi connectivity index (χ0v) is 13.2. The van der Waals surface area contributed by atoms with E-state index in [1.165, 1.54) is 12.1 Å². The molecule has 24 heavy (non-hydrogen) atoms. The van der Waals surface area contributed by atoms with Crippen LogP contribution in [0, 0.1) is 21.4 Å². The first-order valence-electron chi connectivity index (χ1n) is 7.95. The van der Waals surface area contributed by atoms with Gasteiger partial charge >= 0.3 is 0 Å². The molecule has 1 fully saturated rings. The van der Waals surface area contributed by atoms with E-state index in [4.69, 9.17) is 4.74 Å². The summed E-state index contributed by atoms with van der Waals surface area (Å²) in [7, 11) is 0. The Balaban J connectivity index is 1.68. The maximum atomic E-state index is 10.8. The van der Waals surface area contributed by atoms with Crippen molar-refractivity contribution in [2.45, 2.75) is 37.4 Å². The van der Waals surface area contributed by atoms with Gasteiger partial charge in [-0.1, -0.05) is 42.5 Å². The normalized spacial score (nSPS) is 22.9. The van der Waals surface area contributed by atoms with E-state index >= 15 is 0 Å². The van der Waals surface area contributed by atoms with Crippen LogP contribution in [0.25, 0.3) is 0 Å². The molecule has 0 spiro atoms. The second-order valence-corrected chi connectivity index (χ2v) is 6.16. The van der Waals surface area contributed by atoms with Gasteiger partial charge in [0.05, 0.1) is 29.1 Å². The highest BCUT2D eigenvalue weighted by Crippen LogP contribution is 2.42. The third-order valence-electron chi connectivity index (χ3n) is 4.64. The second-order valence-electron chi connectivity index (χ2n) is 6.16. The molecule has 3 rings (SSSR count). The molecule has 0 radical (unpaired) electrons. The van der Waals surface area contributed by atoms with Crippen LogP contribution < -0.4 is 0 Å². The predicted octanol–water partition coefficient (Wildman–Crippen LogP) is 4.13. The fourth-order valence-corrected chi connectivity index (χ4v) is 3.26. The maximum Gasteiger partial charge on any atom is 0.269 e. The fourth-order valence-electron chi connectivity index (χ4n) is 3.26. The van der Waals surface area contributed by atoms with Gasteiger partial charge in [0.2, 0.25) is 0 Å². The van der Waals surface area contributed by atoms with Gasteiger partial charge in [-0.05, 0) is 30.4 Å². The number of nitro benzene ring substituents is 1. The first-order chi connectivity index (χ1) is 11.6. The Bertz CT molecular complexity index is 752. The summed E-state index contributed by atoms with van der Waals surface area (Å²) in [5.41, 5.74) is 1.38. The Morgan fingerprint density at radius 2 is 1.92 bits per heavy atom. The standard InChI is InChI=1S/C19H18N2O3/c20-14-19(16-6-8-17(9-7-16)21(22)23)11-10-18(12-19)24-13-15-4-2-1-3-5-15/h1-9,18H,10-13H2. The van der Waals surface area contributed by atoms with E-state index in [1.54, 1.807) is 12.1 Å². The van der Waals surface area contributed by atoms with Crippen LogP contribution in [0.3, 0.4) is 0 Å². The Morgan fingerprint density at radius 3 is 2.54 bits per heavy atom. The Morgan fingerprint density at radius 1 is 1.21 bits per heavy atom. The molecule has 5 heteroatoms. The molecule has 5 nitrogen and oxygen atoms in total. The van der Waals surface area contributed by atoms with Crippen LogP contribution in [0.1, 0.15) is 30.4 Å². The summed E-state index contributed by atoms with van der Waals surface area (Å²) in [5, 5.41) is 20.5. The molecule has 2 aromatic carbocycles. The molecule has 1 aliphatic carbocycles. The minimum Gasteiger partial charge on any atom is -0.373 e. The highest BCUT2D eigenvalue weighted by atomic mass is 16.6. The monoisotopic (exact) mass is 322 g/mol. The highest BCUT2D eigenvalue weighted by molar-refractivity contribution is 5.40. The van der Waals surface area contributed by atoms with Crippen molar-refractivity contribution >= 4 is 5.69 Å². The molecule has 0 aliphatic heterocycles. The summed E-state index contributed by atoms with van der Waals surface area (Å²) < 4.78 is 5.97. The molecule has 0 bridgehead atoms. The van der Waals surface area contributed by atoms with Crippen molar-refractivity contribution in [2.75, 3.05) is 0 Å². The van der Waals surface area contributed by atoms with Gasteiger partial charge in [-0.25, -0.2) is 0 Å². The minimum absolute atomic E-state index is 0.0278. The SMILES string of the molecule is N#CC1(c2ccc([N+](=O)[O-])cc2)CCC(OCc2ccccc2)C1. The van der Waals surface area contributed by atoms with E-state index in [0.29, 0.717) is 19.4 Å². The number of hydrogen-bond acceptors (Lipinski definition) is 4. The number of hydrogen-bond donors (Lipinski definition) is 0. The maximum absolute atomic E-state index is 10.8. The zero-order valence-electron chi connectivity index (χ0n) is 13.2. The smallest absolute Gasteiger partial charge is 0.269 e. The van der Waals surface area contributed by atoms with Crippen molar-refractivity contribution in [3.63, 3.8) is 0 Å². The number of rotatable bonds is 5. The van der Waals surface area contributed by atoms with E-state index in [-0.39, 0.29) is 11.8 Å². The summed E-state index contributed by atoms with van der Waals surface area (Å²) in [4.78, 5) is 10.3.